The third kappa shape index (κ3) is 14.6. The van der Waals surface area contributed by atoms with Crippen LogP contribution in [-0.4, -0.2) is 29.9 Å². The van der Waals surface area contributed by atoms with Crippen LogP contribution in [0.15, 0.2) is 12.2 Å². The quantitative estimate of drug-likeness (QED) is 0.368. The summed E-state index contributed by atoms with van der Waals surface area (Å²) in [5, 5.41) is 8.27. The van der Waals surface area contributed by atoms with Crippen LogP contribution in [0.2, 0.25) is 0 Å². The normalized spacial score (nSPS) is 9.92. The van der Waals surface area contributed by atoms with Gasteiger partial charge in [0.1, 0.15) is 0 Å². The monoisotopic (exact) mass is 177 g/mol. The van der Waals surface area contributed by atoms with Gasteiger partial charge in [0.25, 0.3) is 0 Å². The first-order chi connectivity index (χ1) is 5.77. The summed E-state index contributed by atoms with van der Waals surface area (Å²) in [6.45, 7) is 2.18. The van der Waals surface area contributed by atoms with Gasteiger partial charge in [0, 0.05) is 24.9 Å². The van der Waals surface area contributed by atoms with Gasteiger partial charge < -0.3 is 5.11 Å². The second-order valence-electron chi connectivity index (χ2n) is 2.94. The zero-order valence-electron chi connectivity index (χ0n) is 8.75. The first-order valence-corrected chi connectivity index (χ1v) is 4.67. The van der Waals surface area contributed by atoms with Crippen molar-refractivity contribution in [2.45, 2.75) is 45.4 Å². The molecular formula is C10H18LiO2. The molecule has 0 amide bonds. The molecule has 0 atom stereocenters. The molecule has 0 fully saturated rings. The van der Waals surface area contributed by atoms with E-state index in [1.54, 1.807) is 6.08 Å². The molecule has 71 valence electrons. The molecule has 0 saturated carbocycles. The molecule has 3 heteroatoms. The molecule has 1 N–H and O–H groups in total. The summed E-state index contributed by atoms with van der Waals surface area (Å²) in [6, 6.07) is 0. The van der Waals surface area contributed by atoms with Crippen molar-refractivity contribution >= 4 is 24.8 Å². The van der Waals surface area contributed by atoms with Crippen molar-refractivity contribution in [3.05, 3.63) is 12.2 Å². The van der Waals surface area contributed by atoms with E-state index in [0.29, 0.717) is 0 Å². The molecule has 0 spiro atoms. The van der Waals surface area contributed by atoms with E-state index < -0.39 is 5.97 Å². The van der Waals surface area contributed by atoms with Crippen molar-refractivity contribution < 1.29 is 9.90 Å². The molecule has 0 aromatic carbocycles. The maximum absolute atomic E-state index is 10.0. The Balaban J connectivity index is 0. The van der Waals surface area contributed by atoms with E-state index in [0.717, 1.165) is 12.8 Å². The summed E-state index contributed by atoms with van der Waals surface area (Å²) in [4.78, 5) is 10.0. The number of unbranched alkanes of at least 4 members (excludes halogenated alkanes) is 5. The van der Waals surface area contributed by atoms with E-state index in [-0.39, 0.29) is 18.9 Å². The van der Waals surface area contributed by atoms with Crippen LogP contribution < -0.4 is 0 Å². The van der Waals surface area contributed by atoms with Gasteiger partial charge in [0.2, 0.25) is 0 Å². The number of carboxylic acids is 1. The maximum atomic E-state index is 10.0. The Morgan fingerprint density at radius 1 is 1.23 bits per heavy atom. The standard InChI is InChI=1S/C10H18O2.Li/c1-2-3-4-5-6-7-8-9-10(11)12;/h8-9H,2-7H2,1H3,(H,11,12);. The second kappa shape index (κ2) is 11.8. The minimum Gasteiger partial charge on any atom is -0.478 e. The van der Waals surface area contributed by atoms with Crippen molar-refractivity contribution in [1.29, 1.82) is 0 Å². The molecule has 0 aliphatic heterocycles. The molecule has 13 heavy (non-hydrogen) atoms. The second-order valence-corrected chi connectivity index (χ2v) is 2.94. The summed E-state index contributed by atoms with van der Waals surface area (Å²) in [5.74, 6) is -0.844. The summed E-state index contributed by atoms with van der Waals surface area (Å²) in [7, 11) is 0. The number of carboxylic acid groups (broad SMARTS) is 1. The van der Waals surface area contributed by atoms with E-state index in [1.165, 1.54) is 31.8 Å². The smallest absolute Gasteiger partial charge is 0.327 e. The number of carbonyl (C=O) groups is 1. The fourth-order valence-electron chi connectivity index (χ4n) is 1.05. The molecule has 0 unspecified atom stereocenters. The summed E-state index contributed by atoms with van der Waals surface area (Å²) < 4.78 is 0. The van der Waals surface area contributed by atoms with Gasteiger partial charge >= 0.3 is 5.97 Å². The average Bonchev–Trinajstić information content (AvgIpc) is 2.02. The zero-order valence-corrected chi connectivity index (χ0v) is 8.75. The minimum absolute atomic E-state index is 0. The fraction of sp³-hybridized carbons (Fsp3) is 0.700. The predicted octanol–water partition coefficient (Wildman–Crippen LogP) is 2.61. The van der Waals surface area contributed by atoms with E-state index in [2.05, 4.69) is 6.92 Å². The Morgan fingerprint density at radius 3 is 2.38 bits per heavy atom. The van der Waals surface area contributed by atoms with Crippen LogP contribution in [-0.2, 0) is 4.79 Å². The van der Waals surface area contributed by atoms with Crippen molar-refractivity contribution in [3.8, 4) is 0 Å². The zero-order chi connectivity index (χ0) is 9.23. The van der Waals surface area contributed by atoms with E-state index >= 15 is 0 Å². The van der Waals surface area contributed by atoms with Crippen molar-refractivity contribution in [2.24, 2.45) is 0 Å². The van der Waals surface area contributed by atoms with Gasteiger partial charge in [-0.2, -0.15) is 0 Å². The SMILES string of the molecule is CCCCCCCC=CC(=O)O.[Li]. The maximum Gasteiger partial charge on any atom is 0.327 e. The van der Waals surface area contributed by atoms with Gasteiger partial charge in [-0.15, -0.1) is 0 Å². The Morgan fingerprint density at radius 2 is 1.85 bits per heavy atom. The molecular weight excluding hydrogens is 159 g/mol. The van der Waals surface area contributed by atoms with Gasteiger partial charge in [0.05, 0.1) is 0 Å². The molecule has 2 nitrogen and oxygen atoms in total. The number of hydrogen-bond donors (Lipinski definition) is 1. The summed E-state index contributed by atoms with van der Waals surface area (Å²) in [5.41, 5.74) is 0. The first-order valence-electron chi connectivity index (χ1n) is 4.67. The van der Waals surface area contributed by atoms with Crippen LogP contribution in [0.5, 0.6) is 0 Å². The van der Waals surface area contributed by atoms with E-state index in [9.17, 15) is 4.79 Å². The Hall–Kier alpha value is -0.193. The fourth-order valence-corrected chi connectivity index (χ4v) is 1.05. The molecule has 0 aromatic heterocycles. The van der Waals surface area contributed by atoms with Crippen LogP contribution in [0, 0.1) is 0 Å². The third-order valence-electron chi connectivity index (χ3n) is 1.73. The molecule has 1 radical (unpaired) electrons. The molecule has 0 saturated heterocycles. The van der Waals surface area contributed by atoms with Gasteiger partial charge in [0.15, 0.2) is 0 Å². The van der Waals surface area contributed by atoms with Crippen molar-refractivity contribution in [2.75, 3.05) is 0 Å². The van der Waals surface area contributed by atoms with Crippen LogP contribution in [0.4, 0.5) is 0 Å². The predicted molar refractivity (Wildman–Crippen MR) is 55.9 cm³/mol. The molecule has 0 aliphatic rings. The van der Waals surface area contributed by atoms with E-state index in [4.69, 9.17) is 5.11 Å². The van der Waals surface area contributed by atoms with Gasteiger partial charge in [-0.3, -0.25) is 0 Å². The Labute approximate surface area is 92.6 Å². The summed E-state index contributed by atoms with van der Waals surface area (Å²) >= 11 is 0. The number of hydrogen-bond acceptors (Lipinski definition) is 1. The number of allylic oxidation sites excluding steroid dienone is 1. The Kier molecular flexibility index (Phi) is 13.9. The number of rotatable bonds is 7. The van der Waals surface area contributed by atoms with Crippen molar-refractivity contribution in [3.63, 3.8) is 0 Å². The molecule has 0 bridgehead atoms. The average molecular weight is 177 g/mol. The van der Waals surface area contributed by atoms with E-state index in [1.807, 2.05) is 0 Å². The number of aliphatic carboxylic acids is 1. The first kappa shape index (κ1) is 15.3. The molecule has 0 aliphatic carbocycles. The Bertz CT molecular complexity index is 144. The summed E-state index contributed by atoms with van der Waals surface area (Å²) in [6.07, 6.45) is 10.0. The topological polar surface area (TPSA) is 37.3 Å². The van der Waals surface area contributed by atoms with Gasteiger partial charge in [-0.05, 0) is 12.8 Å². The van der Waals surface area contributed by atoms with Crippen LogP contribution in [0.25, 0.3) is 0 Å². The molecule has 0 rings (SSSR count). The third-order valence-corrected chi connectivity index (χ3v) is 1.73. The molecule has 0 heterocycles. The van der Waals surface area contributed by atoms with Crippen LogP contribution in [0.3, 0.4) is 0 Å². The molecule has 0 aromatic rings. The van der Waals surface area contributed by atoms with Crippen LogP contribution in [0.1, 0.15) is 45.4 Å². The van der Waals surface area contributed by atoms with Gasteiger partial charge in [-0.25, -0.2) is 4.79 Å². The van der Waals surface area contributed by atoms with Crippen LogP contribution >= 0.6 is 0 Å². The van der Waals surface area contributed by atoms with Gasteiger partial charge in [-0.1, -0.05) is 38.7 Å². The minimum atomic E-state index is -0.844. The van der Waals surface area contributed by atoms with Crippen molar-refractivity contribution in [1.82, 2.24) is 0 Å². The largest absolute Gasteiger partial charge is 0.478 e.